The summed E-state index contributed by atoms with van der Waals surface area (Å²) in [6.45, 7) is 18.5. The van der Waals surface area contributed by atoms with Crippen molar-refractivity contribution in [1.82, 2.24) is 0 Å². The Balaban J connectivity index is 1.37. The molecule has 232 valence electrons. The van der Waals surface area contributed by atoms with Crippen LogP contribution < -0.4 is 15.4 Å². The quantitative estimate of drug-likeness (QED) is 0.165. The van der Waals surface area contributed by atoms with Gasteiger partial charge in [-0.1, -0.05) is 45.9 Å². The van der Waals surface area contributed by atoms with Crippen LogP contribution in [0.2, 0.25) is 0 Å². The van der Waals surface area contributed by atoms with E-state index in [0.717, 1.165) is 48.1 Å². The molecule has 0 bridgehead atoms. The summed E-state index contributed by atoms with van der Waals surface area (Å²) in [4.78, 5) is 21.3. The van der Waals surface area contributed by atoms with E-state index in [0.29, 0.717) is 28.2 Å². The van der Waals surface area contributed by atoms with E-state index in [9.17, 15) is 10.1 Å². The predicted molar refractivity (Wildman–Crippen MR) is 185 cm³/mol. The van der Waals surface area contributed by atoms with Gasteiger partial charge in [-0.15, -0.1) is 0 Å². The van der Waals surface area contributed by atoms with Crippen LogP contribution in [0.15, 0.2) is 92.7 Å². The Bertz CT molecular complexity index is 2020. The van der Waals surface area contributed by atoms with Crippen LogP contribution >= 0.6 is 0 Å². The fourth-order valence-corrected chi connectivity index (χ4v) is 6.52. The topological polar surface area (TPSA) is 74.1 Å². The SMILES string of the molecule is [C-]#[N+]/C(C#N)=C1C=C(/C=C/c2ccc(N(C)C)cc2)OC(/C=C/c2cc3cc4c5c(c3oc2=O)C(C)(C)CCN5CCC4(C)C)=C\1. The number of allylic oxidation sites excluding steroid dienone is 6. The fourth-order valence-electron chi connectivity index (χ4n) is 6.52. The third kappa shape index (κ3) is 5.66. The van der Waals surface area contributed by atoms with Crippen LogP contribution in [-0.4, -0.2) is 27.2 Å². The largest absolute Gasteiger partial charge is 0.457 e. The maximum atomic E-state index is 13.4. The molecule has 4 heterocycles. The summed E-state index contributed by atoms with van der Waals surface area (Å²) < 4.78 is 12.3. The molecule has 0 aliphatic carbocycles. The highest BCUT2D eigenvalue weighted by Crippen LogP contribution is 2.51. The van der Waals surface area contributed by atoms with E-state index in [1.165, 1.54) is 11.3 Å². The number of anilines is 2. The number of nitriles is 1. The lowest BCUT2D eigenvalue weighted by molar-refractivity contribution is 0.332. The van der Waals surface area contributed by atoms with E-state index in [2.05, 4.69) is 43.5 Å². The molecule has 0 fully saturated rings. The van der Waals surface area contributed by atoms with Crippen molar-refractivity contribution >= 4 is 34.5 Å². The van der Waals surface area contributed by atoms with E-state index in [-0.39, 0.29) is 16.5 Å². The number of benzene rings is 2. The zero-order chi connectivity index (χ0) is 32.8. The lowest BCUT2D eigenvalue weighted by atomic mass is 9.69. The molecule has 0 saturated carbocycles. The van der Waals surface area contributed by atoms with Crippen molar-refractivity contribution in [3.8, 4) is 6.07 Å². The molecule has 0 saturated heterocycles. The van der Waals surface area contributed by atoms with Crippen LogP contribution in [0.4, 0.5) is 11.4 Å². The van der Waals surface area contributed by atoms with E-state index in [4.69, 9.17) is 15.7 Å². The molecular formula is C39H38N4O3. The molecule has 6 rings (SSSR count). The monoisotopic (exact) mass is 610 g/mol. The Hall–Kier alpha value is -5.27. The fraction of sp³-hybridized carbons (Fsp3) is 0.308. The van der Waals surface area contributed by atoms with E-state index in [1.807, 2.05) is 61.5 Å². The van der Waals surface area contributed by atoms with Gasteiger partial charge in [-0.3, -0.25) is 0 Å². The van der Waals surface area contributed by atoms with Gasteiger partial charge in [0, 0.05) is 49.5 Å². The summed E-state index contributed by atoms with van der Waals surface area (Å²) in [5.41, 5.74) is 6.63. The molecule has 2 aromatic carbocycles. The molecule has 3 aromatic rings. The zero-order valence-electron chi connectivity index (χ0n) is 27.3. The van der Waals surface area contributed by atoms with Gasteiger partial charge in [0.1, 0.15) is 17.1 Å². The Morgan fingerprint density at radius 2 is 1.63 bits per heavy atom. The number of hydrogen-bond acceptors (Lipinski definition) is 6. The van der Waals surface area contributed by atoms with Gasteiger partial charge in [0.05, 0.1) is 18.2 Å². The van der Waals surface area contributed by atoms with Crippen molar-refractivity contribution in [1.29, 1.82) is 5.26 Å². The highest BCUT2D eigenvalue weighted by Gasteiger charge is 2.41. The lowest BCUT2D eigenvalue weighted by Gasteiger charge is -2.48. The highest BCUT2D eigenvalue weighted by atomic mass is 16.5. The van der Waals surface area contributed by atoms with E-state index >= 15 is 0 Å². The molecule has 7 nitrogen and oxygen atoms in total. The Kier molecular flexibility index (Phi) is 7.74. The number of hydrogen-bond donors (Lipinski definition) is 0. The summed E-state index contributed by atoms with van der Waals surface area (Å²) >= 11 is 0. The van der Waals surface area contributed by atoms with E-state index < -0.39 is 5.63 Å². The van der Waals surface area contributed by atoms with Gasteiger partial charge in [0.2, 0.25) is 0 Å². The van der Waals surface area contributed by atoms with E-state index in [1.54, 1.807) is 30.4 Å². The summed E-state index contributed by atoms with van der Waals surface area (Å²) in [7, 11) is 3.98. The normalized spacial score (nSPS) is 19.2. The minimum atomic E-state index is -0.425. The van der Waals surface area contributed by atoms with Crippen LogP contribution in [0, 0.1) is 17.9 Å². The maximum absolute atomic E-state index is 13.4. The molecule has 46 heavy (non-hydrogen) atoms. The maximum Gasteiger partial charge on any atom is 0.343 e. The molecule has 0 N–H and O–H groups in total. The molecule has 1 aromatic heterocycles. The molecule has 7 heteroatoms. The number of ether oxygens (including phenoxy) is 1. The molecule has 0 unspecified atom stereocenters. The first-order chi connectivity index (χ1) is 21.9. The molecule has 3 aliphatic heterocycles. The van der Waals surface area contributed by atoms with Gasteiger partial charge in [0.25, 0.3) is 5.70 Å². The molecular weight excluding hydrogens is 572 g/mol. The third-order valence-electron chi connectivity index (χ3n) is 9.36. The Morgan fingerprint density at radius 1 is 0.978 bits per heavy atom. The van der Waals surface area contributed by atoms with Gasteiger partial charge in [-0.2, -0.15) is 0 Å². The number of fused-ring (bicyclic) bond motifs is 2. The first-order valence-electron chi connectivity index (χ1n) is 15.6. The molecule has 0 atom stereocenters. The van der Waals surface area contributed by atoms with Crippen molar-refractivity contribution in [3.05, 3.63) is 128 Å². The second-order valence-electron chi connectivity index (χ2n) is 13.7. The average Bonchev–Trinajstić information content (AvgIpc) is 3.02. The average molecular weight is 611 g/mol. The standard InChI is InChI=1S/C39H38N4O3/c1-38(2)16-18-43-19-17-39(3,4)34-35(43)32(38)23-28-20-26(37(44)46-36(28)34)11-15-31-22-27(33(24-40)41-5)21-30(45-31)14-10-25-8-12-29(13-9-25)42(6)7/h8-15,20-23H,16-19H2,1-4,6-7H3/b14-10+,15-11+,33-27+. The second kappa shape index (κ2) is 11.6. The number of nitrogens with zero attached hydrogens (tertiary/aromatic N) is 4. The molecule has 0 spiro atoms. The third-order valence-corrected chi connectivity index (χ3v) is 9.36. The van der Waals surface area contributed by atoms with Crippen molar-refractivity contribution in [2.75, 3.05) is 37.0 Å². The Labute approximate surface area is 270 Å². The highest BCUT2D eigenvalue weighted by molar-refractivity contribution is 5.91. The van der Waals surface area contributed by atoms with Gasteiger partial charge in [0.15, 0.2) is 0 Å². The van der Waals surface area contributed by atoms with Gasteiger partial charge < -0.3 is 19.0 Å². The van der Waals surface area contributed by atoms with Crippen molar-refractivity contribution in [2.45, 2.75) is 51.4 Å². The van der Waals surface area contributed by atoms with Crippen molar-refractivity contribution in [2.24, 2.45) is 0 Å². The van der Waals surface area contributed by atoms with Crippen LogP contribution in [0.25, 0.3) is 28.0 Å². The summed E-state index contributed by atoms with van der Waals surface area (Å²) in [5, 5.41) is 10.5. The van der Waals surface area contributed by atoms with Crippen LogP contribution in [0.1, 0.15) is 62.8 Å². The summed E-state index contributed by atoms with van der Waals surface area (Å²) in [6.07, 6.45) is 12.4. The van der Waals surface area contributed by atoms with Crippen LogP contribution in [0.3, 0.4) is 0 Å². The summed E-state index contributed by atoms with van der Waals surface area (Å²) in [6, 6.07) is 14.1. The van der Waals surface area contributed by atoms with Gasteiger partial charge in [-0.05, 0) is 95.0 Å². The zero-order valence-corrected chi connectivity index (χ0v) is 27.3. The molecule has 0 amide bonds. The van der Waals surface area contributed by atoms with Crippen LogP contribution in [0.5, 0.6) is 0 Å². The Morgan fingerprint density at radius 3 is 2.26 bits per heavy atom. The number of rotatable bonds is 5. The second-order valence-corrected chi connectivity index (χ2v) is 13.7. The predicted octanol–water partition coefficient (Wildman–Crippen LogP) is 8.25. The minimum Gasteiger partial charge on any atom is -0.457 e. The van der Waals surface area contributed by atoms with Crippen LogP contribution in [-0.2, 0) is 15.6 Å². The lowest BCUT2D eigenvalue weighted by Crippen LogP contribution is -2.44. The molecule has 3 aliphatic rings. The minimum absolute atomic E-state index is 0.00378. The van der Waals surface area contributed by atoms with Gasteiger partial charge >= 0.3 is 5.63 Å². The first kappa shape index (κ1) is 30.7. The smallest absolute Gasteiger partial charge is 0.343 e. The molecule has 0 radical (unpaired) electrons. The van der Waals surface area contributed by atoms with Crippen molar-refractivity contribution < 1.29 is 9.15 Å². The summed E-state index contributed by atoms with van der Waals surface area (Å²) in [5.74, 6) is 0.866. The van der Waals surface area contributed by atoms with Gasteiger partial charge in [-0.25, -0.2) is 14.9 Å². The first-order valence-corrected chi connectivity index (χ1v) is 15.6. The van der Waals surface area contributed by atoms with Crippen molar-refractivity contribution in [3.63, 3.8) is 0 Å².